The van der Waals surface area contributed by atoms with Crippen molar-refractivity contribution in [1.82, 2.24) is 0 Å². The summed E-state index contributed by atoms with van der Waals surface area (Å²) in [7, 11) is 0. The van der Waals surface area contributed by atoms with Crippen LogP contribution in [-0.2, 0) is 4.79 Å². The Morgan fingerprint density at radius 2 is 2.11 bits per heavy atom. The summed E-state index contributed by atoms with van der Waals surface area (Å²) in [5, 5.41) is 9.05. The summed E-state index contributed by atoms with van der Waals surface area (Å²) in [5.41, 5.74) is 6.90. The van der Waals surface area contributed by atoms with Crippen LogP contribution in [0.15, 0.2) is 18.2 Å². The minimum atomic E-state index is -0.918. The fourth-order valence-electron chi connectivity index (χ4n) is 1.46. The Bertz CT molecular complexity index is 439. The highest BCUT2D eigenvalue weighted by Crippen LogP contribution is 2.27. The third-order valence-electron chi connectivity index (χ3n) is 2.83. The van der Waals surface area contributed by atoms with E-state index in [0.717, 1.165) is 11.1 Å². The first kappa shape index (κ1) is 14.5. The van der Waals surface area contributed by atoms with Crippen LogP contribution in [0.4, 0.5) is 0 Å². The molecule has 0 spiro atoms. The SMILES string of the molecule is Cc1ccc([C@H](C)N)c(OCC(C)(C)C(=O)O)c1. The maximum atomic E-state index is 11.0. The average Bonchev–Trinajstić information content (AvgIpc) is 2.26. The minimum Gasteiger partial charge on any atom is -0.492 e. The van der Waals surface area contributed by atoms with E-state index in [-0.39, 0.29) is 12.6 Å². The number of rotatable bonds is 5. The smallest absolute Gasteiger partial charge is 0.312 e. The van der Waals surface area contributed by atoms with Gasteiger partial charge < -0.3 is 15.6 Å². The zero-order chi connectivity index (χ0) is 13.9. The number of ether oxygens (including phenoxy) is 1. The van der Waals surface area contributed by atoms with Crippen molar-refractivity contribution < 1.29 is 14.6 Å². The Balaban J connectivity index is 2.90. The highest BCUT2D eigenvalue weighted by molar-refractivity contribution is 5.73. The van der Waals surface area contributed by atoms with Crippen molar-refractivity contribution >= 4 is 5.97 Å². The van der Waals surface area contributed by atoms with Gasteiger partial charge in [-0.25, -0.2) is 0 Å². The molecule has 1 rings (SSSR count). The first-order chi connectivity index (χ1) is 8.24. The van der Waals surface area contributed by atoms with Crippen LogP contribution < -0.4 is 10.5 Å². The Morgan fingerprint density at radius 1 is 1.50 bits per heavy atom. The first-order valence-corrected chi connectivity index (χ1v) is 5.96. The summed E-state index contributed by atoms with van der Waals surface area (Å²) in [4.78, 5) is 11.0. The first-order valence-electron chi connectivity index (χ1n) is 5.96. The van der Waals surface area contributed by atoms with Gasteiger partial charge in [0.2, 0.25) is 0 Å². The molecule has 4 heteroatoms. The number of carbonyl (C=O) groups is 1. The lowest BCUT2D eigenvalue weighted by Crippen LogP contribution is -2.31. The van der Waals surface area contributed by atoms with Crippen molar-refractivity contribution in [1.29, 1.82) is 0 Å². The molecule has 3 N–H and O–H groups in total. The van der Waals surface area contributed by atoms with Crippen LogP contribution in [0.2, 0.25) is 0 Å². The summed E-state index contributed by atoms with van der Waals surface area (Å²) in [6.07, 6.45) is 0. The second-order valence-corrected chi connectivity index (χ2v) is 5.31. The van der Waals surface area contributed by atoms with Gasteiger partial charge in [-0.1, -0.05) is 12.1 Å². The lowest BCUT2D eigenvalue weighted by atomic mass is 9.95. The molecule has 18 heavy (non-hydrogen) atoms. The topological polar surface area (TPSA) is 72.5 Å². The number of hydrogen-bond acceptors (Lipinski definition) is 3. The monoisotopic (exact) mass is 251 g/mol. The third-order valence-corrected chi connectivity index (χ3v) is 2.83. The summed E-state index contributed by atoms with van der Waals surface area (Å²) in [6.45, 7) is 7.22. The Morgan fingerprint density at radius 3 is 2.61 bits per heavy atom. The van der Waals surface area contributed by atoms with Gasteiger partial charge in [-0.2, -0.15) is 0 Å². The molecule has 1 aromatic rings. The van der Waals surface area contributed by atoms with Crippen molar-refractivity contribution in [3.8, 4) is 5.75 Å². The molecule has 0 heterocycles. The molecule has 0 fully saturated rings. The summed E-state index contributed by atoms with van der Waals surface area (Å²) in [6, 6.07) is 5.63. The largest absolute Gasteiger partial charge is 0.492 e. The van der Waals surface area contributed by atoms with Gasteiger partial charge in [0.15, 0.2) is 0 Å². The lowest BCUT2D eigenvalue weighted by Gasteiger charge is -2.22. The molecule has 0 saturated heterocycles. The molecule has 0 aliphatic heterocycles. The summed E-state index contributed by atoms with van der Waals surface area (Å²) >= 11 is 0. The fourth-order valence-corrected chi connectivity index (χ4v) is 1.46. The molecular weight excluding hydrogens is 230 g/mol. The van der Waals surface area contributed by atoms with Crippen LogP contribution in [0.25, 0.3) is 0 Å². The van der Waals surface area contributed by atoms with Gasteiger partial charge in [0.05, 0.1) is 5.41 Å². The van der Waals surface area contributed by atoms with E-state index in [2.05, 4.69) is 0 Å². The van der Waals surface area contributed by atoms with Crippen LogP contribution in [0.3, 0.4) is 0 Å². The summed E-state index contributed by atoms with van der Waals surface area (Å²) < 4.78 is 5.64. The Kier molecular flexibility index (Phi) is 4.35. The molecule has 0 aliphatic carbocycles. The lowest BCUT2D eigenvalue weighted by molar-refractivity contribution is -0.148. The zero-order valence-electron chi connectivity index (χ0n) is 11.4. The molecule has 100 valence electrons. The number of aryl methyl sites for hydroxylation is 1. The molecule has 4 nitrogen and oxygen atoms in total. The number of hydrogen-bond donors (Lipinski definition) is 2. The molecule has 0 aliphatic rings. The van der Waals surface area contributed by atoms with Crippen molar-refractivity contribution in [3.63, 3.8) is 0 Å². The van der Waals surface area contributed by atoms with Crippen molar-refractivity contribution in [2.45, 2.75) is 33.7 Å². The van der Waals surface area contributed by atoms with E-state index in [4.69, 9.17) is 15.6 Å². The molecule has 0 amide bonds. The van der Waals surface area contributed by atoms with E-state index in [9.17, 15) is 4.79 Å². The average molecular weight is 251 g/mol. The van der Waals surface area contributed by atoms with Crippen molar-refractivity contribution in [2.75, 3.05) is 6.61 Å². The molecular formula is C14H21NO3. The minimum absolute atomic E-state index is 0.117. The molecule has 0 saturated carbocycles. The quantitative estimate of drug-likeness (QED) is 0.843. The van der Waals surface area contributed by atoms with E-state index >= 15 is 0 Å². The van der Waals surface area contributed by atoms with Gasteiger partial charge >= 0.3 is 5.97 Å². The van der Waals surface area contributed by atoms with Crippen LogP contribution in [0.5, 0.6) is 5.75 Å². The zero-order valence-corrected chi connectivity index (χ0v) is 11.4. The third kappa shape index (κ3) is 3.47. The molecule has 0 aromatic heterocycles. The molecule has 0 radical (unpaired) electrons. The second-order valence-electron chi connectivity index (χ2n) is 5.31. The van der Waals surface area contributed by atoms with E-state index < -0.39 is 11.4 Å². The predicted octanol–water partition coefficient (Wildman–Crippen LogP) is 2.50. The van der Waals surface area contributed by atoms with Gasteiger partial charge in [-0.05, 0) is 39.3 Å². The second kappa shape index (κ2) is 5.40. The number of nitrogens with two attached hydrogens (primary N) is 1. The maximum absolute atomic E-state index is 11.0. The van der Waals surface area contributed by atoms with E-state index in [0.29, 0.717) is 5.75 Å². The molecule has 1 atom stereocenters. The van der Waals surface area contributed by atoms with Gasteiger partial charge in [-0.3, -0.25) is 4.79 Å². The van der Waals surface area contributed by atoms with E-state index in [1.54, 1.807) is 13.8 Å². The maximum Gasteiger partial charge on any atom is 0.312 e. The number of benzene rings is 1. The number of carboxylic acid groups (broad SMARTS) is 1. The normalized spacial score (nSPS) is 13.2. The van der Waals surface area contributed by atoms with Gasteiger partial charge in [-0.15, -0.1) is 0 Å². The van der Waals surface area contributed by atoms with Crippen LogP contribution >= 0.6 is 0 Å². The fraction of sp³-hybridized carbons (Fsp3) is 0.500. The molecule has 0 bridgehead atoms. The van der Waals surface area contributed by atoms with Crippen LogP contribution in [0, 0.1) is 12.3 Å². The van der Waals surface area contributed by atoms with Crippen molar-refractivity contribution in [2.24, 2.45) is 11.1 Å². The van der Waals surface area contributed by atoms with E-state index in [1.807, 2.05) is 32.0 Å². The van der Waals surface area contributed by atoms with Crippen LogP contribution in [0.1, 0.15) is 37.9 Å². The highest BCUT2D eigenvalue weighted by atomic mass is 16.5. The number of aliphatic carboxylic acids is 1. The molecule has 1 aromatic carbocycles. The Labute approximate surface area is 108 Å². The van der Waals surface area contributed by atoms with Gasteiger partial charge in [0, 0.05) is 11.6 Å². The van der Waals surface area contributed by atoms with Gasteiger partial charge in [0.25, 0.3) is 0 Å². The van der Waals surface area contributed by atoms with Gasteiger partial charge in [0.1, 0.15) is 12.4 Å². The van der Waals surface area contributed by atoms with Crippen molar-refractivity contribution in [3.05, 3.63) is 29.3 Å². The van der Waals surface area contributed by atoms with Crippen LogP contribution in [-0.4, -0.2) is 17.7 Å². The molecule has 0 unspecified atom stereocenters. The Hall–Kier alpha value is -1.55. The highest BCUT2D eigenvalue weighted by Gasteiger charge is 2.28. The standard InChI is InChI=1S/C14H21NO3/c1-9-5-6-11(10(2)15)12(7-9)18-8-14(3,4)13(16)17/h5-7,10H,8,15H2,1-4H3,(H,16,17)/t10-/m0/s1. The summed E-state index contributed by atoms with van der Waals surface area (Å²) in [5.74, 6) is -0.211. The predicted molar refractivity (Wildman–Crippen MR) is 70.7 cm³/mol. The number of carboxylic acids is 1. The van der Waals surface area contributed by atoms with E-state index in [1.165, 1.54) is 0 Å².